The summed E-state index contributed by atoms with van der Waals surface area (Å²) in [5.41, 5.74) is 1.92. The minimum absolute atomic E-state index is 0.511. The Morgan fingerprint density at radius 1 is 1.41 bits per heavy atom. The van der Waals surface area contributed by atoms with Gasteiger partial charge in [-0.2, -0.15) is 11.3 Å². The average molecular weight is 269 g/mol. The highest BCUT2D eigenvalue weighted by atomic mass is 35.5. The minimum atomic E-state index is -0.515. The van der Waals surface area contributed by atoms with Crippen LogP contribution in [0.4, 0.5) is 0 Å². The summed E-state index contributed by atoms with van der Waals surface area (Å²) in [5, 5.41) is 14.0. The molecule has 0 fully saturated rings. The number of hydrogen-bond acceptors (Lipinski definition) is 3. The van der Waals surface area contributed by atoms with Gasteiger partial charge in [-0.15, -0.1) is 0 Å². The van der Waals surface area contributed by atoms with Gasteiger partial charge in [0, 0.05) is 0 Å². The molecule has 1 aromatic heterocycles. The molecule has 0 aliphatic heterocycles. The van der Waals surface area contributed by atoms with Gasteiger partial charge < -0.3 is 9.84 Å². The number of ether oxygens (including phenoxy) is 1. The van der Waals surface area contributed by atoms with E-state index in [2.05, 4.69) is 0 Å². The van der Waals surface area contributed by atoms with Crippen molar-refractivity contribution in [3.8, 4) is 5.75 Å². The fourth-order valence-electron chi connectivity index (χ4n) is 1.43. The first-order chi connectivity index (χ1) is 8.16. The molecule has 0 aliphatic carbocycles. The van der Waals surface area contributed by atoms with Gasteiger partial charge in [0.2, 0.25) is 0 Å². The SMILES string of the molecule is CC(O)c1ccc(OCc2ccsc2)c(Cl)c1. The fourth-order valence-corrected chi connectivity index (χ4v) is 2.33. The Bertz CT molecular complexity index is 480. The molecule has 0 bridgehead atoms. The Kier molecular flexibility index (Phi) is 4.05. The second-order valence-corrected chi connectivity index (χ2v) is 4.97. The van der Waals surface area contributed by atoms with Crippen LogP contribution in [0, 0.1) is 0 Å². The van der Waals surface area contributed by atoms with Crippen LogP contribution in [0.3, 0.4) is 0 Å². The van der Waals surface area contributed by atoms with Crippen LogP contribution in [0.2, 0.25) is 5.02 Å². The molecule has 2 aromatic rings. The summed E-state index contributed by atoms with van der Waals surface area (Å²) in [6.07, 6.45) is -0.515. The van der Waals surface area contributed by atoms with Crippen molar-refractivity contribution < 1.29 is 9.84 Å². The van der Waals surface area contributed by atoms with Gasteiger partial charge in [-0.3, -0.25) is 0 Å². The van der Waals surface area contributed by atoms with Crippen LogP contribution in [0.15, 0.2) is 35.0 Å². The van der Waals surface area contributed by atoms with Crippen molar-refractivity contribution in [2.24, 2.45) is 0 Å². The zero-order chi connectivity index (χ0) is 12.3. The number of halogens is 1. The van der Waals surface area contributed by atoms with E-state index in [9.17, 15) is 5.11 Å². The fraction of sp³-hybridized carbons (Fsp3) is 0.231. The van der Waals surface area contributed by atoms with E-state index >= 15 is 0 Å². The molecule has 1 aromatic carbocycles. The van der Waals surface area contributed by atoms with Crippen LogP contribution in [0.5, 0.6) is 5.75 Å². The molecule has 1 heterocycles. The molecular formula is C13H13ClO2S. The lowest BCUT2D eigenvalue weighted by Crippen LogP contribution is -1.96. The van der Waals surface area contributed by atoms with Crippen LogP contribution >= 0.6 is 22.9 Å². The van der Waals surface area contributed by atoms with Crippen LogP contribution in [-0.4, -0.2) is 5.11 Å². The summed E-state index contributed by atoms with van der Waals surface area (Å²) in [5.74, 6) is 0.641. The lowest BCUT2D eigenvalue weighted by molar-refractivity contribution is 0.199. The maximum atomic E-state index is 9.42. The van der Waals surface area contributed by atoms with E-state index in [4.69, 9.17) is 16.3 Å². The summed E-state index contributed by atoms with van der Waals surface area (Å²) in [6.45, 7) is 2.22. The minimum Gasteiger partial charge on any atom is -0.487 e. The molecule has 17 heavy (non-hydrogen) atoms. The van der Waals surface area contributed by atoms with Gasteiger partial charge in [-0.05, 0) is 47.0 Å². The zero-order valence-corrected chi connectivity index (χ0v) is 11.0. The predicted octanol–water partition coefficient (Wildman–Crippen LogP) is 4.03. The maximum absolute atomic E-state index is 9.42. The Balaban J connectivity index is 2.06. The lowest BCUT2D eigenvalue weighted by atomic mass is 10.1. The normalized spacial score (nSPS) is 12.4. The van der Waals surface area contributed by atoms with Gasteiger partial charge in [-0.25, -0.2) is 0 Å². The van der Waals surface area contributed by atoms with E-state index in [1.54, 1.807) is 30.4 Å². The standard InChI is InChI=1S/C13H13ClO2S/c1-9(15)11-2-3-13(12(14)6-11)16-7-10-4-5-17-8-10/h2-6,8-9,15H,7H2,1H3. The second-order valence-electron chi connectivity index (χ2n) is 3.79. The topological polar surface area (TPSA) is 29.5 Å². The average Bonchev–Trinajstić information content (AvgIpc) is 2.80. The van der Waals surface area contributed by atoms with E-state index in [0.29, 0.717) is 17.4 Å². The third-order valence-electron chi connectivity index (χ3n) is 2.41. The van der Waals surface area contributed by atoms with Crippen molar-refractivity contribution in [3.05, 3.63) is 51.2 Å². The first-order valence-corrected chi connectivity index (χ1v) is 6.60. The molecule has 2 rings (SSSR count). The number of rotatable bonds is 4. The predicted molar refractivity (Wildman–Crippen MR) is 70.7 cm³/mol. The largest absolute Gasteiger partial charge is 0.487 e. The van der Waals surface area contributed by atoms with E-state index in [-0.39, 0.29) is 0 Å². The maximum Gasteiger partial charge on any atom is 0.138 e. The number of aliphatic hydroxyl groups is 1. The molecular weight excluding hydrogens is 256 g/mol. The van der Waals surface area contributed by atoms with Gasteiger partial charge >= 0.3 is 0 Å². The number of hydrogen-bond donors (Lipinski definition) is 1. The molecule has 0 amide bonds. The zero-order valence-electron chi connectivity index (χ0n) is 9.39. The Hall–Kier alpha value is -1.03. The monoisotopic (exact) mass is 268 g/mol. The van der Waals surface area contributed by atoms with Crippen molar-refractivity contribution >= 4 is 22.9 Å². The summed E-state index contributed by atoms with van der Waals surface area (Å²) in [7, 11) is 0. The van der Waals surface area contributed by atoms with E-state index in [0.717, 1.165) is 11.1 Å². The Morgan fingerprint density at radius 2 is 2.24 bits per heavy atom. The van der Waals surface area contributed by atoms with Crippen molar-refractivity contribution in [2.45, 2.75) is 19.6 Å². The Labute approximate surface area is 109 Å². The van der Waals surface area contributed by atoms with Crippen LogP contribution < -0.4 is 4.74 Å². The summed E-state index contributed by atoms with van der Waals surface area (Å²) in [4.78, 5) is 0. The molecule has 0 saturated carbocycles. The van der Waals surface area contributed by atoms with Gasteiger partial charge in [0.05, 0.1) is 11.1 Å². The smallest absolute Gasteiger partial charge is 0.138 e. The van der Waals surface area contributed by atoms with Crippen molar-refractivity contribution in [1.29, 1.82) is 0 Å². The van der Waals surface area contributed by atoms with E-state index < -0.39 is 6.10 Å². The summed E-state index contributed by atoms with van der Waals surface area (Å²) >= 11 is 7.72. The first-order valence-electron chi connectivity index (χ1n) is 5.28. The van der Waals surface area contributed by atoms with E-state index in [1.165, 1.54) is 0 Å². The molecule has 1 unspecified atom stereocenters. The number of aliphatic hydroxyl groups excluding tert-OH is 1. The Morgan fingerprint density at radius 3 is 2.82 bits per heavy atom. The van der Waals surface area contributed by atoms with Gasteiger partial charge in [0.1, 0.15) is 12.4 Å². The molecule has 1 atom stereocenters. The number of benzene rings is 1. The highest BCUT2D eigenvalue weighted by Crippen LogP contribution is 2.28. The van der Waals surface area contributed by atoms with Crippen LogP contribution in [-0.2, 0) is 6.61 Å². The molecule has 4 heteroatoms. The van der Waals surface area contributed by atoms with Gasteiger partial charge in [0.25, 0.3) is 0 Å². The molecule has 0 aliphatic rings. The highest BCUT2D eigenvalue weighted by Gasteiger charge is 2.06. The van der Waals surface area contributed by atoms with Gasteiger partial charge in [0.15, 0.2) is 0 Å². The van der Waals surface area contributed by atoms with Crippen LogP contribution in [0.1, 0.15) is 24.2 Å². The highest BCUT2D eigenvalue weighted by molar-refractivity contribution is 7.07. The summed E-state index contributed by atoms with van der Waals surface area (Å²) in [6, 6.07) is 7.36. The first kappa shape index (κ1) is 12.4. The summed E-state index contributed by atoms with van der Waals surface area (Å²) < 4.78 is 5.61. The second kappa shape index (κ2) is 5.54. The molecule has 0 saturated heterocycles. The van der Waals surface area contributed by atoms with Crippen molar-refractivity contribution in [3.63, 3.8) is 0 Å². The molecule has 90 valence electrons. The third kappa shape index (κ3) is 3.22. The van der Waals surface area contributed by atoms with Gasteiger partial charge in [-0.1, -0.05) is 17.7 Å². The van der Waals surface area contributed by atoms with Crippen LogP contribution in [0.25, 0.3) is 0 Å². The third-order valence-corrected chi connectivity index (χ3v) is 3.44. The van der Waals surface area contributed by atoms with Crippen molar-refractivity contribution in [2.75, 3.05) is 0 Å². The van der Waals surface area contributed by atoms with E-state index in [1.807, 2.05) is 22.9 Å². The number of thiophene rings is 1. The molecule has 0 spiro atoms. The molecule has 0 radical (unpaired) electrons. The lowest BCUT2D eigenvalue weighted by Gasteiger charge is -2.10. The molecule has 1 N–H and O–H groups in total. The quantitative estimate of drug-likeness (QED) is 0.907. The molecule has 2 nitrogen and oxygen atoms in total. The van der Waals surface area contributed by atoms with Crippen molar-refractivity contribution in [1.82, 2.24) is 0 Å².